The third kappa shape index (κ3) is 5.88. The van der Waals surface area contributed by atoms with Gasteiger partial charge < -0.3 is 0 Å². The highest BCUT2D eigenvalue weighted by atomic mass is 19.2. The van der Waals surface area contributed by atoms with Gasteiger partial charge in [0, 0.05) is 5.39 Å². The van der Waals surface area contributed by atoms with Crippen LogP contribution >= 0.6 is 0 Å². The van der Waals surface area contributed by atoms with Crippen molar-refractivity contribution >= 4 is 10.8 Å². The van der Waals surface area contributed by atoms with E-state index in [1.807, 2.05) is 6.07 Å². The number of benzene rings is 2. The fourth-order valence-electron chi connectivity index (χ4n) is 6.29. The van der Waals surface area contributed by atoms with Gasteiger partial charge >= 0.3 is 0 Å². The summed E-state index contributed by atoms with van der Waals surface area (Å²) in [5, 5.41) is 1.22. The van der Waals surface area contributed by atoms with Crippen LogP contribution in [0.3, 0.4) is 0 Å². The lowest BCUT2D eigenvalue weighted by Gasteiger charge is -2.32. The Morgan fingerprint density at radius 1 is 0.710 bits per heavy atom. The summed E-state index contributed by atoms with van der Waals surface area (Å²) in [6, 6.07) is 8.84. The van der Waals surface area contributed by atoms with E-state index in [1.165, 1.54) is 102 Å². The van der Waals surface area contributed by atoms with Crippen LogP contribution in [0.4, 0.5) is 8.78 Å². The smallest absolute Gasteiger partial charge is 0.166 e. The molecule has 0 saturated heterocycles. The zero-order chi connectivity index (χ0) is 21.6. The van der Waals surface area contributed by atoms with Crippen LogP contribution < -0.4 is 0 Å². The van der Waals surface area contributed by atoms with Crippen molar-refractivity contribution in [2.45, 2.75) is 103 Å². The van der Waals surface area contributed by atoms with E-state index >= 15 is 0 Å². The Hall–Kier alpha value is -1.44. The van der Waals surface area contributed by atoms with Crippen LogP contribution in [0.5, 0.6) is 0 Å². The Balaban J connectivity index is 1.20. The second-order valence-electron chi connectivity index (χ2n) is 10.5. The summed E-state index contributed by atoms with van der Waals surface area (Å²) in [5.74, 6) is 1.99. The Morgan fingerprint density at radius 3 is 1.97 bits per heavy atom. The van der Waals surface area contributed by atoms with Crippen molar-refractivity contribution in [2.24, 2.45) is 17.8 Å². The molecule has 0 nitrogen and oxygen atoms in total. The molecule has 0 unspecified atom stereocenters. The van der Waals surface area contributed by atoms with Crippen LogP contribution in [0.15, 0.2) is 30.3 Å². The predicted octanol–water partition coefficient (Wildman–Crippen LogP) is 9.56. The molecule has 2 aliphatic rings. The van der Waals surface area contributed by atoms with E-state index in [4.69, 9.17) is 0 Å². The normalized spacial score (nSPS) is 26.9. The molecule has 0 radical (unpaired) electrons. The minimum Gasteiger partial charge on any atom is -0.204 e. The van der Waals surface area contributed by atoms with Gasteiger partial charge in [-0.1, -0.05) is 95.4 Å². The van der Waals surface area contributed by atoms with Gasteiger partial charge in [-0.25, -0.2) is 8.78 Å². The Labute approximate surface area is 187 Å². The number of hydrogen-bond donors (Lipinski definition) is 0. The summed E-state index contributed by atoms with van der Waals surface area (Å²) in [5.41, 5.74) is 1.30. The molecule has 0 bridgehead atoms. The molecule has 31 heavy (non-hydrogen) atoms. The molecule has 0 N–H and O–H groups in total. The number of unbranched alkanes of at least 4 members (excludes halogenated alkanes) is 2. The highest BCUT2D eigenvalue weighted by molar-refractivity contribution is 5.84. The van der Waals surface area contributed by atoms with Crippen molar-refractivity contribution in [3.05, 3.63) is 47.5 Å². The maximum absolute atomic E-state index is 14.0. The van der Waals surface area contributed by atoms with Crippen LogP contribution in [0.25, 0.3) is 10.8 Å². The third-order valence-electron chi connectivity index (χ3n) is 8.41. The molecule has 2 aromatic rings. The van der Waals surface area contributed by atoms with E-state index in [0.29, 0.717) is 11.3 Å². The lowest BCUT2D eigenvalue weighted by atomic mass is 9.74. The van der Waals surface area contributed by atoms with Crippen LogP contribution in [-0.2, 0) is 0 Å². The molecule has 170 valence electrons. The van der Waals surface area contributed by atoms with Gasteiger partial charge in [-0.2, -0.15) is 0 Å². The highest BCUT2D eigenvalue weighted by Gasteiger charge is 2.25. The van der Waals surface area contributed by atoms with E-state index in [-0.39, 0.29) is 0 Å². The summed E-state index contributed by atoms with van der Waals surface area (Å²) in [7, 11) is 0. The summed E-state index contributed by atoms with van der Waals surface area (Å²) in [4.78, 5) is 0. The first-order chi connectivity index (χ1) is 15.1. The third-order valence-corrected chi connectivity index (χ3v) is 8.41. The van der Waals surface area contributed by atoms with Crippen LogP contribution in [0.2, 0.25) is 0 Å². The van der Waals surface area contributed by atoms with Gasteiger partial charge in [-0.05, 0) is 66.4 Å². The van der Waals surface area contributed by atoms with Crippen molar-refractivity contribution in [2.75, 3.05) is 0 Å². The van der Waals surface area contributed by atoms with E-state index in [1.54, 1.807) is 12.1 Å². The van der Waals surface area contributed by atoms with Gasteiger partial charge in [0.2, 0.25) is 0 Å². The molecular weight excluding hydrogens is 386 g/mol. The predicted molar refractivity (Wildman–Crippen MR) is 127 cm³/mol. The van der Waals surface area contributed by atoms with Gasteiger partial charge in [-0.15, -0.1) is 0 Å². The molecule has 2 saturated carbocycles. The Bertz CT molecular complexity index is 826. The molecule has 2 aliphatic carbocycles. The Kier molecular flexibility index (Phi) is 8.02. The van der Waals surface area contributed by atoms with E-state index < -0.39 is 11.6 Å². The molecular formula is C29H40F2. The lowest BCUT2D eigenvalue weighted by Crippen LogP contribution is -2.17. The minimum atomic E-state index is -0.759. The Morgan fingerprint density at radius 2 is 1.32 bits per heavy atom. The average molecular weight is 427 g/mol. The van der Waals surface area contributed by atoms with Crippen molar-refractivity contribution in [1.29, 1.82) is 0 Å². The van der Waals surface area contributed by atoms with E-state index in [9.17, 15) is 8.78 Å². The molecule has 2 fully saturated rings. The fourth-order valence-corrected chi connectivity index (χ4v) is 6.29. The molecule has 4 rings (SSSR count). The quantitative estimate of drug-likeness (QED) is 0.369. The number of halogens is 2. The molecule has 0 aliphatic heterocycles. The second-order valence-corrected chi connectivity index (χ2v) is 10.5. The largest absolute Gasteiger partial charge is 0.204 e. The van der Waals surface area contributed by atoms with Gasteiger partial charge in [0.05, 0.1) is 0 Å². The maximum Gasteiger partial charge on any atom is 0.166 e. The van der Waals surface area contributed by atoms with Crippen LogP contribution in [0, 0.1) is 29.4 Å². The molecule has 0 amide bonds. The minimum absolute atomic E-state index is 0.400. The van der Waals surface area contributed by atoms with Gasteiger partial charge in [0.25, 0.3) is 0 Å². The monoisotopic (exact) mass is 426 g/mol. The first-order valence-electron chi connectivity index (χ1n) is 13.0. The first-order valence-corrected chi connectivity index (χ1v) is 13.0. The van der Waals surface area contributed by atoms with Crippen LogP contribution in [-0.4, -0.2) is 0 Å². The van der Waals surface area contributed by atoms with E-state index in [2.05, 4.69) is 13.0 Å². The van der Waals surface area contributed by atoms with Gasteiger partial charge in [-0.3, -0.25) is 0 Å². The highest BCUT2D eigenvalue weighted by Crippen LogP contribution is 2.41. The zero-order valence-electron chi connectivity index (χ0n) is 19.4. The summed E-state index contributed by atoms with van der Waals surface area (Å²) < 4.78 is 27.4. The van der Waals surface area contributed by atoms with Crippen molar-refractivity contribution in [3.8, 4) is 0 Å². The summed E-state index contributed by atoms with van der Waals surface area (Å²) in [6.07, 6.45) is 19.6. The number of fused-ring (bicyclic) bond motifs is 1. The van der Waals surface area contributed by atoms with Crippen molar-refractivity contribution < 1.29 is 8.78 Å². The summed E-state index contributed by atoms with van der Waals surface area (Å²) in [6.45, 7) is 2.30. The molecule has 0 aromatic heterocycles. The average Bonchev–Trinajstić information content (AvgIpc) is 2.81. The summed E-state index contributed by atoms with van der Waals surface area (Å²) >= 11 is 0. The standard InChI is InChI=1S/C29H40F2/c1-2-3-4-5-21-6-8-22(9-7-21)10-11-23-12-14-24(15-13-23)25-16-18-27-26(20-25)17-19-28(30)29(27)31/h16-24H,2-15H2,1H3. The van der Waals surface area contributed by atoms with E-state index in [0.717, 1.165) is 23.1 Å². The van der Waals surface area contributed by atoms with Crippen molar-refractivity contribution in [3.63, 3.8) is 0 Å². The zero-order valence-corrected chi connectivity index (χ0v) is 19.4. The molecule has 2 heteroatoms. The van der Waals surface area contributed by atoms with Gasteiger partial charge in [0.15, 0.2) is 11.6 Å². The number of rotatable bonds is 8. The molecule has 0 atom stereocenters. The number of hydrogen-bond acceptors (Lipinski definition) is 0. The molecule has 0 spiro atoms. The fraction of sp³-hybridized carbons (Fsp3) is 0.655. The first kappa shape index (κ1) is 22.7. The van der Waals surface area contributed by atoms with Crippen LogP contribution in [0.1, 0.15) is 108 Å². The van der Waals surface area contributed by atoms with Crippen molar-refractivity contribution in [1.82, 2.24) is 0 Å². The van der Waals surface area contributed by atoms with Gasteiger partial charge in [0.1, 0.15) is 0 Å². The topological polar surface area (TPSA) is 0 Å². The second kappa shape index (κ2) is 10.9. The maximum atomic E-state index is 14.0. The lowest BCUT2D eigenvalue weighted by molar-refractivity contribution is 0.222. The molecule has 0 heterocycles. The SMILES string of the molecule is CCCCCC1CCC(CCC2CCC(c3ccc4c(F)c(F)ccc4c3)CC2)CC1. The molecule has 2 aromatic carbocycles.